The highest BCUT2D eigenvalue weighted by atomic mass is 16.5. The minimum Gasteiger partial charge on any atom is -0.377 e. The maximum Gasteiger partial charge on any atom is 0.0702 e. The van der Waals surface area contributed by atoms with Crippen LogP contribution in [-0.2, 0) is 4.74 Å². The molecule has 2 aliphatic rings. The van der Waals surface area contributed by atoms with E-state index in [9.17, 15) is 0 Å². The molecule has 0 spiro atoms. The molecule has 1 saturated carbocycles. The van der Waals surface area contributed by atoms with Gasteiger partial charge in [0.1, 0.15) is 0 Å². The zero-order valence-electron chi connectivity index (χ0n) is 13.7. The fraction of sp³-hybridized carbons (Fsp3) is 1.00. The van der Waals surface area contributed by atoms with Crippen LogP contribution in [0.4, 0.5) is 0 Å². The number of hydrogen-bond donors (Lipinski definition) is 1. The molecule has 1 heterocycles. The molecule has 1 saturated heterocycles. The van der Waals surface area contributed by atoms with Gasteiger partial charge in [0.25, 0.3) is 0 Å². The van der Waals surface area contributed by atoms with Crippen LogP contribution in [0.2, 0.25) is 0 Å². The van der Waals surface area contributed by atoms with E-state index < -0.39 is 0 Å². The zero-order valence-corrected chi connectivity index (χ0v) is 13.7. The molecule has 0 amide bonds. The Labute approximate surface area is 125 Å². The number of ether oxygens (including phenoxy) is 1. The highest BCUT2D eigenvalue weighted by molar-refractivity contribution is 4.96. The molecule has 0 radical (unpaired) electrons. The molecule has 1 atom stereocenters. The average molecular weight is 282 g/mol. The molecule has 3 nitrogen and oxygen atoms in total. The number of nitrogens with two attached hydrogens (primary N) is 1. The van der Waals surface area contributed by atoms with Gasteiger partial charge in [0.2, 0.25) is 0 Å². The van der Waals surface area contributed by atoms with Crippen molar-refractivity contribution in [2.75, 3.05) is 26.7 Å². The van der Waals surface area contributed by atoms with Crippen molar-refractivity contribution in [2.45, 2.75) is 70.4 Å². The van der Waals surface area contributed by atoms with E-state index in [0.717, 1.165) is 31.5 Å². The third kappa shape index (κ3) is 3.75. The highest BCUT2D eigenvalue weighted by Crippen LogP contribution is 2.38. The van der Waals surface area contributed by atoms with Gasteiger partial charge in [-0.15, -0.1) is 0 Å². The van der Waals surface area contributed by atoms with Crippen LogP contribution >= 0.6 is 0 Å². The summed E-state index contributed by atoms with van der Waals surface area (Å²) in [6.45, 7) is 7.52. The van der Waals surface area contributed by atoms with Crippen LogP contribution in [0.1, 0.15) is 58.8 Å². The van der Waals surface area contributed by atoms with Crippen molar-refractivity contribution in [3.05, 3.63) is 0 Å². The fourth-order valence-electron chi connectivity index (χ4n) is 4.04. The summed E-state index contributed by atoms with van der Waals surface area (Å²) in [6.07, 6.45) is 9.40. The minimum atomic E-state index is 0.228. The number of hydrogen-bond acceptors (Lipinski definition) is 3. The first kappa shape index (κ1) is 16.3. The zero-order chi connectivity index (χ0) is 14.6. The Kier molecular flexibility index (Phi) is 5.88. The average Bonchev–Trinajstić information content (AvgIpc) is 2.48. The summed E-state index contributed by atoms with van der Waals surface area (Å²) in [4.78, 5) is 2.53. The normalized spacial score (nSPS) is 35.7. The Morgan fingerprint density at radius 1 is 1.20 bits per heavy atom. The Bertz CT molecular complexity index is 279. The van der Waals surface area contributed by atoms with Gasteiger partial charge in [-0.25, -0.2) is 0 Å². The van der Waals surface area contributed by atoms with Gasteiger partial charge in [-0.3, -0.25) is 4.90 Å². The quantitative estimate of drug-likeness (QED) is 0.842. The second kappa shape index (κ2) is 7.24. The van der Waals surface area contributed by atoms with Gasteiger partial charge in [-0.05, 0) is 63.8 Å². The SMILES string of the molecule is CC(C)C1CCC(CN)(N(C)CC2CCCCO2)CC1. The third-order valence-corrected chi connectivity index (χ3v) is 5.84. The summed E-state index contributed by atoms with van der Waals surface area (Å²) in [5.74, 6) is 1.71. The van der Waals surface area contributed by atoms with Crippen LogP contribution in [0.25, 0.3) is 0 Å². The van der Waals surface area contributed by atoms with Gasteiger partial charge in [0.05, 0.1) is 6.10 Å². The molecule has 1 aliphatic carbocycles. The number of rotatable bonds is 5. The molecule has 0 aromatic carbocycles. The van der Waals surface area contributed by atoms with Gasteiger partial charge >= 0.3 is 0 Å². The van der Waals surface area contributed by atoms with E-state index >= 15 is 0 Å². The summed E-state index contributed by atoms with van der Waals surface area (Å²) in [5.41, 5.74) is 6.41. The second-order valence-corrected chi connectivity index (χ2v) is 7.38. The molecule has 3 heteroatoms. The Hall–Kier alpha value is -0.120. The maximum absolute atomic E-state index is 6.18. The molecular formula is C17H34N2O. The largest absolute Gasteiger partial charge is 0.377 e. The van der Waals surface area contributed by atoms with Crippen molar-refractivity contribution in [2.24, 2.45) is 17.6 Å². The van der Waals surface area contributed by atoms with Gasteiger partial charge in [-0.1, -0.05) is 13.8 Å². The molecule has 1 unspecified atom stereocenters. The van der Waals surface area contributed by atoms with Crippen molar-refractivity contribution >= 4 is 0 Å². The van der Waals surface area contributed by atoms with Crippen molar-refractivity contribution in [1.29, 1.82) is 0 Å². The molecule has 0 aromatic rings. The van der Waals surface area contributed by atoms with E-state index in [0.29, 0.717) is 6.10 Å². The predicted molar refractivity (Wildman–Crippen MR) is 84.8 cm³/mol. The molecule has 0 aromatic heterocycles. The lowest BCUT2D eigenvalue weighted by molar-refractivity contribution is -0.0342. The Morgan fingerprint density at radius 2 is 1.90 bits per heavy atom. The summed E-state index contributed by atoms with van der Waals surface area (Å²) in [6, 6.07) is 0. The van der Waals surface area contributed by atoms with Gasteiger partial charge in [0.15, 0.2) is 0 Å². The summed E-state index contributed by atoms with van der Waals surface area (Å²) in [7, 11) is 2.26. The Morgan fingerprint density at radius 3 is 2.40 bits per heavy atom. The molecule has 1 aliphatic heterocycles. The standard InChI is InChI=1S/C17H34N2O/c1-14(2)15-7-9-17(13-18,10-8-15)19(3)12-16-6-4-5-11-20-16/h14-16H,4-13,18H2,1-3H3. The molecule has 0 bridgehead atoms. The number of nitrogens with zero attached hydrogens (tertiary/aromatic N) is 1. The van der Waals surface area contributed by atoms with E-state index in [1.807, 2.05) is 0 Å². The predicted octanol–water partition coefficient (Wildman–Crippen LogP) is 3.03. The van der Waals surface area contributed by atoms with Crippen LogP contribution in [0.3, 0.4) is 0 Å². The van der Waals surface area contributed by atoms with Gasteiger partial charge < -0.3 is 10.5 Å². The monoisotopic (exact) mass is 282 g/mol. The van der Waals surface area contributed by atoms with E-state index in [4.69, 9.17) is 10.5 Å². The van der Waals surface area contributed by atoms with Crippen molar-refractivity contribution in [3.63, 3.8) is 0 Å². The first-order valence-electron chi connectivity index (χ1n) is 8.60. The lowest BCUT2D eigenvalue weighted by Crippen LogP contribution is -2.56. The lowest BCUT2D eigenvalue weighted by Gasteiger charge is -2.48. The number of likely N-dealkylation sites (N-methyl/N-ethyl adjacent to an activating group) is 1. The first-order chi connectivity index (χ1) is 9.57. The van der Waals surface area contributed by atoms with Crippen LogP contribution in [0.5, 0.6) is 0 Å². The minimum absolute atomic E-state index is 0.228. The Balaban J connectivity index is 1.89. The van der Waals surface area contributed by atoms with E-state index in [-0.39, 0.29) is 5.54 Å². The molecule has 2 rings (SSSR count). The van der Waals surface area contributed by atoms with Crippen molar-refractivity contribution in [3.8, 4) is 0 Å². The third-order valence-electron chi connectivity index (χ3n) is 5.84. The first-order valence-corrected chi connectivity index (χ1v) is 8.60. The van der Waals surface area contributed by atoms with E-state index in [1.54, 1.807) is 0 Å². The fourth-order valence-corrected chi connectivity index (χ4v) is 4.04. The topological polar surface area (TPSA) is 38.5 Å². The van der Waals surface area contributed by atoms with E-state index in [1.165, 1.54) is 44.9 Å². The van der Waals surface area contributed by atoms with Crippen molar-refractivity contribution in [1.82, 2.24) is 4.90 Å². The molecule has 2 fully saturated rings. The maximum atomic E-state index is 6.18. The van der Waals surface area contributed by atoms with Crippen LogP contribution < -0.4 is 5.73 Å². The van der Waals surface area contributed by atoms with Crippen LogP contribution in [-0.4, -0.2) is 43.3 Å². The smallest absolute Gasteiger partial charge is 0.0702 e. The molecular weight excluding hydrogens is 248 g/mol. The van der Waals surface area contributed by atoms with E-state index in [2.05, 4.69) is 25.8 Å². The summed E-state index contributed by atoms with van der Waals surface area (Å²) in [5, 5.41) is 0. The molecule has 2 N–H and O–H groups in total. The molecule has 118 valence electrons. The lowest BCUT2D eigenvalue weighted by atomic mass is 9.72. The summed E-state index contributed by atoms with van der Waals surface area (Å²) < 4.78 is 5.91. The van der Waals surface area contributed by atoms with Gasteiger partial charge in [0, 0.05) is 25.2 Å². The van der Waals surface area contributed by atoms with Crippen molar-refractivity contribution < 1.29 is 4.74 Å². The second-order valence-electron chi connectivity index (χ2n) is 7.38. The highest BCUT2D eigenvalue weighted by Gasteiger charge is 2.39. The molecule has 20 heavy (non-hydrogen) atoms. The summed E-state index contributed by atoms with van der Waals surface area (Å²) >= 11 is 0. The van der Waals surface area contributed by atoms with Gasteiger partial charge in [-0.2, -0.15) is 0 Å². The van der Waals surface area contributed by atoms with Crippen LogP contribution in [0.15, 0.2) is 0 Å². The van der Waals surface area contributed by atoms with Crippen LogP contribution in [0, 0.1) is 11.8 Å².